The fourth-order valence-corrected chi connectivity index (χ4v) is 3.95. The van der Waals surface area contributed by atoms with Gasteiger partial charge in [0.25, 0.3) is 0 Å². The number of nitrogens with zero attached hydrogens (tertiary/aromatic N) is 4. The summed E-state index contributed by atoms with van der Waals surface area (Å²) in [4.78, 5) is 28.0. The largest absolute Gasteiger partial charge is 0.489 e. The third kappa shape index (κ3) is 4.57. The summed E-state index contributed by atoms with van der Waals surface area (Å²) in [7, 11) is 0. The normalized spacial score (nSPS) is 18.4. The number of nitrogens with one attached hydrogen (secondary N) is 1. The van der Waals surface area contributed by atoms with Gasteiger partial charge in [0.2, 0.25) is 5.91 Å². The van der Waals surface area contributed by atoms with Crippen molar-refractivity contribution in [1.82, 2.24) is 19.9 Å². The molecule has 32 heavy (non-hydrogen) atoms. The number of rotatable bonds is 6. The number of aromatic nitrogens is 3. The summed E-state index contributed by atoms with van der Waals surface area (Å²) in [5, 5.41) is 3.66. The van der Waals surface area contributed by atoms with Crippen molar-refractivity contribution in [2.75, 3.05) is 44.8 Å². The zero-order valence-corrected chi connectivity index (χ0v) is 18.3. The van der Waals surface area contributed by atoms with Crippen molar-refractivity contribution in [3.63, 3.8) is 0 Å². The number of anilines is 1. The third-order valence-electron chi connectivity index (χ3n) is 5.55. The van der Waals surface area contributed by atoms with Gasteiger partial charge in [0.1, 0.15) is 30.4 Å². The molecule has 9 heteroatoms. The molecule has 2 aliphatic heterocycles. The maximum absolute atomic E-state index is 12.6. The molecular weight excluding hydrogens is 430 g/mol. The number of halogens is 1. The first kappa shape index (κ1) is 22.1. The summed E-state index contributed by atoms with van der Waals surface area (Å²) in [6.07, 6.45) is 7.30. The maximum Gasteiger partial charge on any atom is 0.239 e. The van der Waals surface area contributed by atoms with Crippen molar-refractivity contribution in [2.45, 2.75) is 5.92 Å². The fourth-order valence-electron chi connectivity index (χ4n) is 3.95. The van der Waals surface area contributed by atoms with Crippen LogP contribution in [0.25, 0.3) is 10.9 Å². The van der Waals surface area contributed by atoms with Crippen LogP contribution in [0, 0.1) is 0 Å². The molecule has 1 aromatic carbocycles. The second-order valence-electron chi connectivity index (χ2n) is 7.50. The number of carbonyl (C=O) groups is 1. The number of ether oxygens (including phenoxy) is 2. The smallest absolute Gasteiger partial charge is 0.239 e. The van der Waals surface area contributed by atoms with E-state index in [-0.39, 0.29) is 18.3 Å². The van der Waals surface area contributed by atoms with Gasteiger partial charge in [0, 0.05) is 42.8 Å². The van der Waals surface area contributed by atoms with E-state index in [1.54, 1.807) is 6.20 Å². The Labute approximate surface area is 192 Å². The van der Waals surface area contributed by atoms with Crippen molar-refractivity contribution in [1.29, 1.82) is 0 Å². The van der Waals surface area contributed by atoms with Gasteiger partial charge in [0.05, 0.1) is 24.4 Å². The third-order valence-corrected chi connectivity index (χ3v) is 5.55. The second-order valence-corrected chi connectivity index (χ2v) is 7.50. The molecule has 1 atom stereocenters. The number of fused-ring (bicyclic) bond motifs is 2. The lowest BCUT2D eigenvalue weighted by Gasteiger charge is -2.25. The Morgan fingerprint density at radius 1 is 1.16 bits per heavy atom. The summed E-state index contributed by atoms with van der Waals surface area (Å²) in [6.45, 7) is 4.93. The van der Waals surface area contributed by atoms with E-state index >= 15 is 0 Å². The van der Waals surface area contributed by atoms with Crippen molar-refractivity contribution in [3.05, 3.63) is 66.3 Å². The quantitative estimate of drug-likeness (QED) is 0.574. The molecule has 1 fully saturated rings. The van der Waals surface area contributed by atoms with Crippen LogP contribution in [-0.2, 0) is 9.53 Å². The molecule has 3 aromatic rings. The van der Waals surface area contributed by atoms with E-state index in [9.17, 15) is 4.79 Å². The maximum atomic E-state index is 12.6. The second kappa shape index (κ2) is 10.0. The molecule has 2 aromatic heterocycles. The molecule has 0 bridgehead atoms. The van der Waals surface area contributed by atoms with E-state index in [4.69, 9.17) is 9.47 Å². The SMILES string of the molecule is Cl.O=C1Nc2ncccc2C1c1ncnc2cc(OCC=CCN3CCOCC3)ccc12. The minimum absolute atomic E-state index is 0. The first-order valence-corrected chi connectivity index (χ1v) is 10.4. The zero-order valence-electron chi connectivity index (χ0n) is 17.4. The highest BCUT2D eigenvalue weighted by Crippen LogP contribution is 2.37. The van der Waals surface area contributed by atoms with Crippen LogP contribution in [0.3, 0.4) is 0 Å². The Balaban J connectivity index is 0.00000245. The van der Waals surface area contributed by atoms with Crippen LogP contribution in [0.1, 0.15) is 17.2 Å². The van der Waals surface area contributed by atoms with Crippen LogP contribution in [0.2, 0.25) is 0 Å². The molecule has 0 radical (unpaired) electrons. The summed E-state index contributed by atoms with van der Waals surface area (Å²) in [6, 6.07) is 9.42. The molecule has 1 saturated heterocycles. The average Bonchev–Trinajstić information content (AvgIpc) is 3.14. The molecule has 0 saturated carbocycles. The van der Waals surface area contributed by atoms with E-state index in [2.05, 4.69) is 31.2 Å². The monoisotopic (exact) mass is 453 g/mol. The number of carbonyl (C=O) groups excluding carboxylic acids is 1. The Bertz CT molecular complexity index is 1130. The number of hydrogen-bond donors (Lipinski definition) is 1. The van der Waals surface area contributed by atoms with Crippen molar-refractivity contribution < 1.29 is 14.3 Å². The first-order valence-electron chi connectivity index (χ1n) is 10.4. The zero-order chi connectivity index (χ0) is 21.0. The van der Waals surface area contributed by atoms with Crippen LogP contribution in [-0.4, -0.2) is 65.2 Å². The van der Waals surface area contributed by atoms with Gasteiger partial charge in [-0.2, -0.15) is 0 Å². The predicted octanol–water partition coefficient (Wildman–Crippen LogP) is 2.80. The molecule has 0 spiro atoms. The molecule has 1 unspecified atom stereocenters. The van der Waals surface area contributed by atoms with Crippen molar-refractivity contribution in [3.8, 4) is 5.75 Å². The minimum atomic E-state index is -0.496. The standard InChI is InChI=1S/C23H23N5O3.ClH/c29-23-20(18-4-3-7-24-22(18)27-23)21-17-6-5-16(14-19(17)25-15-26-21)31-11-2-1-8-28-9-12-30-13-10-28;/h1-7,14-15,20H,8-13H2,(H,24,27,29);1H. The average molecular weight is 454 g/mol. The lowest BCUT2D eigenvalue weighted by molar-refractivity contribution is -0.116. The molecular formula is C23H24ClN5O3. The summed E-state index contributed by atoms with van der Waals surface area (Å²) >= 11 is 0. The summed E-state index contributed by atoms with van der Waals surface area (Å²) in [5.74, 6) is 0.697. The molecule has 0 aliphatic carbocycles. The van der Waals surface area contributed by atoms with Crippen LogP contribution in [0.15, 0.2) is 55.0 Å². The van der Waals surface area contributed by atoms with E-state index in [0.29, 0.717) is 18.1 Å². The van der Waals surface area contributed by atoms with Gasteiger partial charge in [-0.05, 0) is 18.2 Å². The molecule has 166 valence electrons. The van der Waals surface area contributed by atoms with Crippen LogP contribution in [0.4, 0.5) is 5.82 Å². The van der Waals surface area contributed by atoms with Crippen molar-refractivity contribution >= 4 is 35.0 Å². The van der Waals surface area contributed by atoms with E-state index in [1.165, 1.54) is 6.33 Å². The minimum Gasteiger partial charge on any atom is -0.489 e. The van der Waals surface area contributed by atoms with Crippen LogP contribution in [0.5, 0.6) is 5.75 Å². The highest BCUT2D eigenvalue weighted by molar-refractivity contribution is 6.05. The predicted molar refractivity (Wildman–Crippen MR) is 123 cm³/mol. The highest BCUT2D eigenvalue weighted by Gasteiger charge is 2.34. The van der Waals surface area contributed by atoms with Gasteiger partial charge >= 0.3 is 0 Å². The Hall–Kier alpha value is -3.07. The molecule has 1 amide bonds. The van der Waals surface area contributed by atoms with Gasteiger partial charge < -0.3 is 14.8 Å². The Morgan fingerprint density at radius 2 is 2.03 bits per heavy atom. The number of benzene rings is 1. The van der Waals surface area contributed by atoms with Gasteiger partial charge in [-0.1, -0.05) is 18.2 Å². The first-order chi connectivity index (χ1) is 15.3. The van der Waals surface area contributed by atoms with Gasteiger partial charge in [-0.3, -0.25) is 9.69 Å². The molecule has 1 N–H and O–H groups in total. The molecule has 8 nitrogen and oxygen atoms in total. The lowest BCUT2D eigenvalue weighted by atomic mass is 9.95. The molecule has 5 rings (SSSR count). The number of hydrogen-bond acceptors (Lipinski definition) is 7. The molecule has 2 aliphatic rings. The van der Waals surface area contributed by atoms with Crippen molar-refractivity contribution in [2.24, 2.45) is 0 Å². The van der Waals surface area contributed by atoms with E-state index in [1.807, 2.05) is 36.4 Å². The Morgan fingerprint density at radius 3 is 2.91 bits per heavy atom. The number of amides is 1. The van der Waals surface area contributed by atoms with Crippen LogP contribution >= 0.6 is 12.4 Å². The van der Waals surface area contributed by atoms with Gasteiger partial charge in [0.15, 0.2) is 0 Å². The summed E-state index contributed by atoms with van der Waals surface area (Å²) in [5.41, 5.74) is 2.24. The number of morpholine rings is 1. The van der Waals surface area contributed by atoms with Gasteiger partial charge in [-0.15, -0.1) is 12.4 Å². The molecule has 4 heterocycles. The Kier molecular flexibility index (Phi) is 6.94. The van der Waals surface area contributed by atoms with E-state index < -0.39 is 5.92 Å². The topological polar surface area (TPSA) is 89.5 Å². The van der Waals surface area contributed by atoms with Crippen LogP contribution < -0.4 is 10.1 Å². The van der Waals surface area contributed by atoms with E-state index in [0.717, 1.165) is 55.1 Å². The summed E-state index contributed by atoms with van der Waals surface area (Å²) < 4.78 is 11.2. The fraction of sp³-hybridized carbons (Fsp3) is 0.304. The lowest BCUT2D eigenvalue weighted by Crippen LogP contribution is -2.36. The van der Waals surface area contributed by atoms with Gasteiger partial charge in [-0.25, -0.2) is 15.0 Å². The highest BCUT2D eigenvalue weighted by atomic mass is 35.5. The number of pyridine rings is 1.